The molecule has 0 radical (unpaired) electrons. The normalized spacial score (nSPS) is 10.9. The molecule has 1 N–H and O–H groups in total. The van der Waals surface area contributed by atoms with Gasteiger partial charge in [0.05, 0.1) is 32.5 Å². The molecule has 0 amide bonds. The van der Waals surface area contributed by atoms with Gasteiger partial charge in [-0.3, -0.25) is 0 Å². The number of carbonyl (C=O) groups is 1. The summed E-state index contributed by atoms with van der Waals surface area (Å²) in [5.41, 5.74) is 5.08. The third-order valence-corrected chi connectivity index (χ3v) is 5.29. The van der Waals surface area contributed by atoms with Gasteiger partial charge in [-0.2, -0.15) is 0 Å². The largest absolute Gasteiger partial charge is 0.497 e. The van der Waals surface area contributed by atoms with Crippen molar-refractivity contribution in [2.45, 2.75) is 13.5 Å². The third kappa shape index (κ3) is 5.31. The van der Waals surface area contributed by atoms with Gasteiger partial charge in [0.2, 0.25) is 0 Å². The van der Waals surface area contributed by atoms with Crippen LogP contribution in [0.4, 0.5) is 0 Å². The van der Waals surface area contributed by atoms with Crippen molar-refractivity contribution in [1.82, 2.24) is 0 Å². The average molecular weight is 453 g/mol. The SMILES string of the molecule is CCOC(=O)/C=C/c1cc(OC)ccc1-c1ccc(-c2ccc(OC)c(Cl)c2)c(CO)c1. The maximum absolute atomic E-state index is 11.8. The summed E-state index contributed by atoms with van der Waals surface area (Å²) in [5.74, 6) is 0.849. The van der Waals surface area contributed by atoms with Gasteiger partial charge >= 0.3 is 5.97 Å². The lowest BCUT2D eigenvalue weighted by Gasteiger charge is -2.14. The molecule has 5 nitrogen and oxygen atoms in total. The molecular weight excluding hydrogens is 428 g/mol. The molecule has 0 aliphatic rings. The molecular formula is C26H25ClO5. The maximum Gasteiger partial charge on any atom is 0.330 e. The van der Waals surface area contributed by atoms with Crippen LogP contribution in [0.2, 0.25) is 5.02 Å². The zero-order valence-electron chi connectivity index (χ0n) is 18.2. The Hall–Kier alpha value is -3.28. The molecule has 32 heavy (non-hydrogen) atoms. The molecule has 0 aromatic heterocycles. The van der Waals surface area contributed by atoms with Crippen molar-refractivity contribution in [2.75, 3.05) is 20.8 Å². The molecule has 0 atom stereocenters. The van der Waals surface area contributed by atoms with Crippen LogP contribution in [-0.4, -0.2) is 31.9 Å². The van der Waals surface area contributed by atoms with Gasteiger partial charge in [0.1, 0.15) is 11.5 Å². The highest BCUT2D eigenvalue weighted by Gasteiger charge is 2.12. The predicted molar refractivity (Wildman–Crippen MR) is 127 cm³/mol. The monoisotopic (exact) mass is 452 g/mol. The van der Waals surface area contributed by atoms with Gasteiger partial charge in [0.15, 0.2) is 0 Å². The van der Waals surface area contributed by atoms with Crippen molar-refractivity contribution in [3.05, 3.63) is 76.8 Å². The van der Waals surface area contributed by atoms with Crippen LogP contribution in [0.3, 0.4) is 0 Å². The number of carbonyl (C=O) groups excluding carboxylic acids is 1. The summed E-state index contributed by atoms with van der Waals surface area (Å²) < 4.78 is 15.5. The summed E-state index contributed by atoms with van der Waals surface area (Å²) in [6.07, 6.45) is 3.09. The highest BCUT2D eigenvalue weighted by Crippen LogP contribution is 2.35. The molecule has 3 rings (SSSR count). The van der Waals surface area contributed by atoms with Crippen molar-refractivity contribution < 1.29 is 24.1 Å². The second-order valence-corrected chi connectivity index (χ2v) is 7.33. The Morgan fingerprint density at radius 3 is 2.34 bits per heavy atom. The molecule has 6 heteroatoms. The van der Waals surface area contributed by atoms with Gasteiger partial charge in [0, 0.05) is 6.08 Å². The Morgan fingerprint density at radius 2 is 1.69 bits per heavy atom. The Bertz CT molecular complexity index is 1140. The zero-order chi connectivity index (χ0) is 23.1. The highest BCUT2D eigenvalue weighted by molar-refractivity contribution is 6.32. The molecule has 0 spiro atoms. The molecule has 0 fully saturated rings. The van der Waals surface area contributed by atoms with Crippen LogP contribution in [0.5, 0.6) is 11.5 Å². The number of rotatable bonds is 8. The van der Waals surface area contributed by atoms with E-state index in [1.165, 1.54) is 6.08 Å². The van der Waals surface area contributed by atoms with Gasteiger partial charge in [0.25, 0.3) is 0 Å². The fourth-order valence-corrected chi connectivity index (χ4v) is 3.68. The number of aliphatic hydroxyl groups is 1. The molecule has 0 unspecified atom stereocenters. The summed E-state index contributed by atoms with van der Waals surface area (Å²) in [6, 6.07) is 17.0. The number of halogens is 1. The Morgan fingerprint density at radius 1 is 0.969 bits per heavy atom. The minimum Gasteiger partial charge on any atom is -0.497 e. The summed E-state index contributed by atoms with van der Waals surface area (Å²) in [5, 5.41) is 10.6. The van der Waals surface area contributed by atoms with Crippen LogP contribution < -0.4 is 9.47 Å². The molecule has 0 aliphatic heterocycles. The number of methoxy groups -OCH3 is 2. The molecule has 3 aromatic carbocycles. The molecule has 0 aliphatic carbocycles. The second kappa shape index (κ2) is 10.8. The Balaban J connectivity index is 2.05. The molecule has 166 valence electrons. The van der Waals surface area contributed by atoms with Crippen LogP contribution in [0.15, 0.2) is 60.7 Å². The van der Waals surface area contributed by atoms with E-state index in [2.05, 4.69) is 0 Å². The van der Waals surface area contributed by atoms with E-state index in [0.717, 1.165) is 33.4 Å². The third-order valence-electron chi connectivity index (χ3n) is 4.99. The first kappa shape index (κ1) is 23.4. The van der Waals surface area contributed by atoms with E-state index in [4.69, 9.17) is 25.8 Å². The van der Waals surface area contributed by atoms with Crippen molar-refractivity contribution in [2.24, 2.45) is 0 Å². The first-order chi connectivity index (χ1) is 15.5. The van der Waals surface area contributed by atoms with Crippen molar-refractivity contribution in [3.8, 4) is 33.8 Å². The van der Waals surface area contributed by atoms with Crippen molar-refractivity contribution in [3.63, 3.8) is 0 Å². The molecule has 0 heterocycles. The van der Waals surface area contributed by atoms with E-state index in [1.54, 1.807) is 33.3 Å². The Labute approximate surface area is 192 Å². The van der Waals surface area contributed by atoms with E-state index in [-0.39, 0.29) is 6.61 Å². The molecule has 3 aromatic rings. The first-order valence-electron chi connectivity index (χ1n) is 10.1. The lowest BCUT2D eigenvalue weighted by molar-refractivity contribution is -0.137. The lowest BCUT2D eigenvalue weighted by Crippen LogP contribution is -1.99. The summed E-state index contributed by atoms with van der Waals surface area (Å²) >= 11 is 6.29. The van der Waals surface area contributed by atoms with Crippen LogP contribution in [0.1, 0.15) is 18.1 Å². The number of hydrogen-bond acceptors (Lipinski definition) is 5. The number of aliphatic hydroxyl groups excluding tert-OH is 1. The van der Waals surface area contributed by atoms with E-state index < -0.39 is 5.97 Å². The van der Waals surface area contributed by atoms with E-state index in [9.17, 15) is 9.90 Å². The van der Waals surface area contributed by atoms with Gasteiger partial charge in [-0.25, -0.2) is 4.79 Å². The van der Waals surface area contributed by atoms with Crippen molar-refractivity contribution >= 4 is 23.6 Å². The minimum atomic E-state index is -0.413. The molecule has 0 saturated heterocycles. The van der Waals surface area contributed by atoms with Crippen LogP contribution in [-0.2, 0) is 16.1 Å². The van der Waals surface area contributed by atoms with E-state index >= 15 is 0 Å². The smallest absolute Gasteiger partial charge is 0.330 e. The van der Waals surface area contributed by atoms with E-state index in [0.29, 0.717) is 23.1 Å². The summed E-state index contributed by atoms with van der Waals surface area (Å²) in [6.45, 7) is 1.93. The topological polar surface area (TPSA) is 65.0 Å². The maximum atomic E-state index is 11.8. The summed E-state index contributed by atoms with van der Waals surface area (Å²) in [7, 11) is 3.16. The number of benzene rings is 3. The van der Waals surface area contributed by atoms with E-state index in [1.807, 2.05) is 48.5 Å². The zero-order valence-corrected chi connectivity index (χ0v) is 19.0. The quantitative estimate of drug-likeness (QED) is 0.347. The summed E-state index contributed by atoms with van der Waals surface area (Å²) in [4.78, 5) is 11.8. The van der Waals surface area contributed by atoms with Crippen LogP contribution in [0, 0.1) is 0 Å². The predicted octanol–water partition coefficient (Wildman–Crippen LogP) is 5.76. The van der Waals surface area contributed by atoms with Gasteiger partial charge < -0.3 is 19.3 Å². The number of esters is 1. The fraction of sp³-hybridized carbons (Fsp3) is 0.192. The van der Waals surface area contributed by atoms with Crippen molar-refractivity contribution in [1.29, 1.82) is 0 Å². The standard InChI is InChI=1S/C26H25ClO5/c1-4-32-26(29)12-7-18-14-21(30-2)8-10-22(18)17-5-9-23(20(13-17)16-28)19-6-11-25(31-3)24(27)15-19/h5-15,28H,4,16H2,1-3H3/b12-7+. The lowest BCUT2D eigenvalue weighted by atomic mass is 9.93. The van der Waals surface area contributed by atoms with Crippen LogP contribution in [0.25, 0.3) is 28.3 Å². The highest BCUT2D eigenvalue weighted by atomic mass is 35.5. The molecule has 0 bridgehead atoms. The van der Waals surface area contributed by atoms with Gasteiger partial charge in [-0.1, -0.05) is 35.9 Å². The Kier molecular flexibility index (Phi) is 7.92. The first-order valence-corrected chi connectivity index (χ1v) is 10.5. The number of ether oxygens (including phenoxy) is 3. The van der Waals surface area contributed by atoms with Gasteiger partial charge in [-0.05, 0) is 76.7 Å². The number of hydrogen-bond donors (Lipinski definition) is 1. The minimum absolute atomic E-state index is 0.142. The second-order valence-electron chi connectivity index (χ2n) is 6.92. The average Bonchev–Trinajstić information content (AvgIpc) is 2.82. The van der Waals surface area contributed by atoms with Crippen LogP contribution >= 0.6 is 11.6 Å². The van der Waals surface area contributed by atoms with Gasteiger partial charge in [-0.15, -0.1) is 0 Å². The molecule has 0 saturated carbocycles. The fourth-order valence-electron chi connectivity index (χ4n) is 3.42.